The Morgan fingerprint density at radius 2 is 2.04 bits per heavy atom. The molecule has 0 radical (unpaired) electrons. The third kappa shape index (κ3) is 3.11. The van der Waals surface area contributed by atoms with Gasteiger partial charge in [-0.2, -0.15) is 0 Å². The van der Waals surface area contributed by atoms with Crippen LogP contribution in [0.3, 0.4) is 0 Å². The fourth-order valence-electron chi connectivity index (χ4n) is 4.48. The van der Waals surface area contributed by atoms with Gasteiger partial charge in [-0.25, -0.2) is 4.98 Å². The topological polar surface area (TPSA) is 36.4 Å². The predicted octanol–water partition coefficient (Wildman–Crippen LogP) is 3.47. The summed E-state index contributed by atoms with van der Waals surface area (Å²) >= 11 is 1.61. The molecule has 4 nitrogen and oxygen atoms in total. The molecular weight excluding hydrogens is 330 g/mol. The number of thiazole rings is 1. The molecule has 2 aromatic rings. The molecule has 2 aliphatic rings. The maximum absolute atomic E-state index is 12.9. The molecule has 0 aliphatic carbocycles. The lowest BCUT2D eigenvalue weighted by Gasteiger charge is -2.26. The normalized spacial score (nSPS) is 26.2. The second-order valence-electron chi connectivity index (χ2n) is 7.31. The molecule has 0 N–H and O–H groups in total. The Bertz CT molecular complexity index is 744. The highest BCUT2D eigenvalue weighted by Gasteiger charge is 2.47. The van der Waals surface area contributed by atoms with Crippen LogP contribution in [0.25, 0.3) is 0 Å². The summed E-state index contributed by atoms with van der Waals surface area (Å²) in [5.41, 5.74) is 2.00. The largest absolute Gasteiger partial charge is 0.337 e. The fraction of sp³-hybridized carbons (Fsp3) is 0.500. The zero-order valence-electron chi connectivity index (χ0n) is 14.9. The van der Waals surface area contributed by atoms with E-state index in [4.69, 9.17) is 0 Å². The van der Waals surface area contributed by atoms with Gasteiger partial charge in [-0.3, -0.25) is 9.69 Å². The van der Waals surface area contributed by atoms with Crippen molar-refractivity contribution in [1.29, 1.82) is 0 Å². The number of hydrogen-bond donors (Lipinski definition) is 0. The number of aromatic nitrogens is 1. The van der Waals surface area contributed by atoms with Crippen LogP contribution in [0, 0.1) is 11.8 Å². The summed E-state index contributed by atoms with van der Waals surface area (Å²) in [5, 5.41) is 3.01. The second kappa shape index (κ2) is 6.89. The van der Waals surface area contributed by atoms with Gasteiger partial charge in [0.2, 0.25) is 0 Å². The molecule has 4 rings (SSSR count). The minimum absolute atomic E-state index is 0.113. The number of nitrogens with zero attached hydrogens (tertiary/aromatic N) is 3. The third-order valence-electron chi connectivity index (χ3n) is 5.56. The summed E-state index contributed by atoms with van der Waals surface area (Å²) in [6, 6.07) is 11.1. The lowest BCUT2D eigenvalue weighted by atomic mass is 9.90. The number of fused-ring (bicyclic) bond motifs is 1. The van der Waals surface area contributed by atoms with Gasteiger partial charge in [-0.15, -0.1) is 11.3 Å². The van der Waals surface area contributed by atoms with E-state index < -0.39 is 0 Å². The molecule has 3 atom stereocenters. The highest BCUT2D eigenvalue weighted by atomic mass is 32.1. The van der Waals surface area contributed by atoms with Gasteiger partial charge in [-0.05, 0) is 31.4 Å². The van der Waals surface area contributed by atoms with E-state index in [1.54, 1.807) is 11.3 Å². The molecule has 5 heteroatoms. The average Bonchev–Trinajstić information content (AvgIpc) is 3.30. The van der Waals surface area contributed by atoms with Crippen molar-refractivity contribution in [3.8, 4) is 0 Å². The first-order chi connectivity index (χ1) is 12.2. The monoisotopic (exact) mass is 355 g/mol. The van der Waals surface area contributed by atoms with Crippen molar-refractivity contribution in [2.24, 2.45) is 11.8 Å². The Kier molecular flexibility index (Phi) is 4.61. The number of amides is 1. The van der Waals surface area contributed by atoms with E-state index in [2.05, 4.69) is 54.2 Å². The Morgan fingerprint density at radius 3 is 2.80 bits per heavy atom. The molecule has 2 aliphatic heterocycles. The lowest BCUT2D eigenvalue weighted by Crippen LogP contribution is -2.33. The van der Waals surface area contributed by atoms with Crippen LogP contribution in [0.5, 0.6) is 0 Å². The molecule has 0 spiro atoms. The smallest absolute Gasteiger partial charge is 0.273 e. The molecule has 0 saturated carbocycles. The molecule has 2 saturated heterocycles. The van der Waals surface area contributed by atoms with Crippen LogP contribution in [0.15, 0.2) is 35.7 Å². The van der Waals surface area contributed by atoms with E-state index in [0.717, 1.165) is 37.5 Å². The number of likely N-dealkylation sites (tertiary alicyclic amines) is 2. The van der Waals surface area contributed by atoms with E-state index in [0.29, 0.717) is 23.6 Å². The molecular formula is C20H25N3OS. The van der Waals surface area contributed by atoms with Gasteiger partial charge >= 0.3 is 0 Å². The standard InChI is InChI=1S/C20H25N3OS/c1-3-7-18-21-17(13-25-18)20(24)23-11-15-10-22(2)19(16(15)12-23)14-8-5-4-6-9-14/h4-6,8-9,13,15-16,19H,3,7,10-12H2,1-2H3/t15-,16+,19-/m0/s1. The Balaban J connectivity index is 1.50. The van der Waals surface area contributed by atoms with Crippen molar-refractivity contribution in [2.45, 2.75) is 25.8 Å². The van der Waals surface area contributed by atoms with Crippen LogP contribution in [-0.2, 0) is 6.42 Å². The van der Waals surface area contributed by atoms with E-state index in [1.807, 2.05) is 10.3 Å². The van der Waals surface area contributed by atoms with E-state index >= 15 is 0 Å². The number of carbonyl (C=O) groups excluding carboxylic acids is 1. The average molecular weight is 356 g/mol. The predicted molar refractivity (Wildman–Crippen MR) is 101 cm³/mol. The van der Waals surface area contributed by atoms with Crippen LogP contribution in [-0.4, -0.2) is 47.4 Å². The van der Waals surface area contributed by atoms with Crippen molar-refractivity contribution >= 4 is 17.2 Å². The van der Waals surface area contributed by atoms with Crippen LogP contribution < -0.4 is 0 Å². The van der Waals surface area contributed by atoms with Crippen LogP contribution in [0.2, 0.25) is 0 Å². The molecule has 25 heavy (non-hydrogen) atoms. The fourth-order valence-corrected chi connectivity index (χ4v) is 5.35. The maximum Gasteiger partial charge on any atom is 0.273 e. The molecule has 3 heterocycles. The van der Waals surface area contributed by atoms with Gasteiger partial charge in [0.1, 0.15) is 5.69 Å². The van der Waals surface area contributed by atoms with Gasteiger partial charge in [0.15, 0.2) is 0 Å². The van der Waals surface area contributed by atoms with Gasteiger partial charge in [0.05, 0.1) is 5.01 Å². The summed E-state index contributed by atoms with van der Waals surface area (Å²) in [7, 11) is 2.21. The van der Waals surface area contributed by atoms with Gasteiger partial charge in [0.25, 0.3) is 5.91 Å². The number of aryl methyl sites for hydroxylation is 1. The highest BCUT2D eigenvalue weighted by molar-refractivity contribution is 7.09. The zero-order valence-corrected chi connectivity index (χ0v) is 15.7. The van der Waals surface area contributed by atoms with Crippen molar-refractivity contribution in [3.05, 3.63) is 52.0 Å². The van der Waals surface area contributed by atoms with Gasteiger partial charge in [0, 0.05) is 37.0 Å². The summed E-state index contributed by atoms with van der Waals surface area (Å²) in [6.45, 7) is 4.91. The molecule has 132 valence electrons. The summed E-state index contributed by atoms with van der Waals surface area (Å²) in [5.74, 6) is 1.19. The molecule has 1 aromatic heterocycles. The van der Waals surface area contributed by atoms with Crippen molar-refractivity contribution < 1.29 is 4.79 Å². The number of rotatable bonds is 4. The van der Waals surface area contributed by atoms with Gasteiger partial charge in [-0.1, -0.05) is 37.3 Å². The van der Waals surface area contributed by atoms with E-state index in [1.165, 1.54) is 5.56 Å². The minimum Gasteiger partial charge on any atom is -0.337 e. The van der Waals surface area contributed by atoms with Crippen molar-refractivity contribution in [2.75, 3.05) is 26.7 Å². The Morgan fingerprint density at radius 1 is 1.24 bits per heavy atom. The Labute approximate surface area is 153 Å². The number of benzene rings is 1. The quantitative estimate of drug-likeness (QED) is 0.843. The van der Waals surface area contributed by atoms with Crippen LogP contribution >= 0.6 is 11.3 Å². The molecule has 0 bridgehead atoms. The van der Waals surface area contributed by atoms with E-state index in [9.17, 15) is 4.79 Å². The highest BCUT2D eigenvalue weighted by Crippen LogP contribution is 2.44. The minimum atomic E-state index is 0.113. The summed E-state index contributed by atoms with van der Waals surface area (Å²) < 4.78 is 0. The lowest BCUT2D eigenvalue weighted by molar-refractivity contribution is 0.0762. The van der Waals surface area contributed by atoms with Gasteiger partial charge < -0.3 is 4.90 Å². The number of carbonyl (C=O) groups is 1. The first-order valence-corrected chi connectivity index (χ1v) is 10.0. The molecule has 1 amide bonds. The van der Waals surface area contributed by atoms with Crippen molar-refractivity contribution in [3.63, 3.8) is 0 Å². The first-order valence-electron chi connectivity index (χ1n) is 9.16. The Hall–Kier alpha value is -1.72. The van der Waals surface area contributed by atoms with Crippen LogP contribution in [0.1, 0.15) is 40.4 Å². The maximum atomic E-state index is 12.9. The van der Waals surface area contributed by atoms with Crippen molar-refractivity contribution in [1.82, 2.24) is 14.8 Å². The molecule has 2 fully saturated rings. The number of hydrogen-bond acceptors (Lipinski definition) is 4. The summed E-state index contributed by atoms with van der Waals surface area (Å²) in [6.07, 6.45) is 2.03. The van der Waals surface area contributed by atoms with E-state index in [-0.39, 0.29) is 5.91 Å². The molecule has 1 aromatic carbocycles. The zero-order chi connectivity index (χ0) is 17.4. The van der Waals surface area contributed by atoms with Crippen LogP contribution in [0.4, 0.5) is 0 Å². The first kappa shape index (κ1) is 16.7. The third-order valence-corrected chi connectivity index (χ3v) is 6.47. The molecule has 0 unspecified atom stereocenters. The summed E-state index contributed by atoms with van der Waals surface area (Å²) in [4.78, 5) is 21.9. The SMILES string of the molecule is CCCc1nc(C(=O)N2C[C@@H]3CN(C)[C@@H](c4ccccc4)[C@@H]3C2)cs1. The second-order valence-corrected chi connectivity index (χ2v) is 8.25.